The number of benzene rings is 1. The first-order chi connectivity index (χ1) is 9.29. The summed E-state index contributed by atoms with van der Waals surface area (Å²) in [6.45, 7) is 0.158. The van der Waals surface area contributed by atoms with Crippen LogP contribution in [0.1, 0.15) is 5.56 Å². The van der Waals surface area contributed by atoms with Gasteiger partial charge in [-0.25, -0.2) is 4.98 Å². The number of aliphatic hydroxyl groups excluding tert-OH is 1. The fourth-order valence-electron chi connectivity index (χ4n) is 2.25. The van der Waals surface area contributed by atoms with Crippen LogP contribution in [0.4, 0.5) is 0 Å². The van der Waals surface area contributed by atoms with Crippen molar-refractivity contribution in [1.82, 2.24) is 14.5 Å². The summed E-state index contributed by atoms with van der Waals surface area (Å²) in [6, 6.07) is 11.9. The Morgan fingerprint density at radius 3 is 2.84 bits per heavy atom. The second kappa shape index (κ2) is 4.82. The molecule has 0 aliphatic heterocycles. The monoisotopic (exact) mass is 253 g/mol. The van der Waals surface area contributed by atoms with Crippen LogP contribution in [0.5, 0.6) is 0 Å². The highest BCUT2D eigenvalue weighted by Crippen LogP contribution is 2.22. The molecule has 19 heavy (non-hydrogen) atoms. The van der Waals surface area contributed by atoms with Crippen LogP contribution >= 0.6 is 0 Å². The molecule has 96 valence electrons. The molecule has 4 heteroatoms. The van der Waals surface area contributed by atoms with Crippen LogP contribution < -0.4 is 0 Å². The van der Waals surface area contributed by atoms with E-state index in [9.17, 15) is 0 Å². The molecule has 0 aliphatic rings. The lowest BCUT2D eigenvalue weighted by atomic mass is 10.1. The van der Waals surface area contributed by atoms with Crippen molar-refractivity contribution >= 4 is 11.0 Å². The van der Waals surface area contributed by atoms with Crippen LogP contribution in [0.2, 0.25) is 0 Å². The zero-order chi connectivity index (χ0) is 13.2. The number of pyridine rings is 1. The second-order valence-electron chi connectivity index (χ2n) is 4.51. The molecule has 0 fully saturated rings. The van der Waals surface area contributed by atoms with E-state index in [0.717, 1.165) is 28.1 Å². The Labute approximate surface area is 111 Å². The molecule has 0 spiro atoms. The van der Waals surface area contributed by atoms with E-state index in [4.69, 9.17) is 5.11 Å². The Morgan fingerprint density at radius 2 is 2.11 bits per heavy atom. The van der Waals surface area contributed by atoms with E-state index in [1.165, 1.54) is 0 Å². The molecular weight excluding hydrogens is 238 g/mol. The minimum absolute atomic E-state index is 0.158. The topological polar surface area (TPSA) is 50.9 Å². The van der Waals surface area contributed by atoms with Crippen molar-refractivity contribution in [3.63, 3.8) is 0 Å². The van der Waals surface area contributed by atoms with Gasteiger partial charge in [0, 0.05) is 19.9 Å². The number of aliphatic hydroxyl groups is 1. The molecule has 0 amide bonds. The quantitative estimate of drug-likeness (QED) is 0.778. The van der Waals surface area contributed by atoms with Crippen LogP contribution in [-0.2, 0) is 13.5 Å². The van der Waals surface area contributed by atoms with E-state index < -0.39 is 0 Å². The van der Waals surface area contributed by atoms with Gasteiger partial charge in [-0.05, 0) is 36.2 Å². The highest BCUT2D eigenvalue weighted by molar-refractivity contribution is 5.80. The molecule has 4 nitrogen and oxygen atoms in total. The summed E-state index contributed by atoms with van der Waals surface area (Å²) in [4.78, 5) is 8.98. The van der Waals surface area contributed by atoms with Gasteiger partial charge in [-0.15, -0.1) is 0 Å². The van der Waals surface area contributed by atoms with Crippen molar-refractivity contribution in [3.05, 3.63) is 48.2 Å². The number of rotatable bonds is 3. The normalized spacial score (nSPS) is 11.1. The third kappa shape index (κ3) is 2.11. The number of hydrogen-bond donors (Lipinski definition) is 1. The number of nitrogens with zero attached hydrogens (tertiary/aromatic N) is 3. The summed E-state index contributed by atoms with van der Waals surface area (Å²) in [5.74, 6) is 0.858. The molecule has 0 atom stereocenters. The van der Waals surface area contributed by atoms with Crippen LogP contribution in [0, 0.1) is 0 Å². The Hall–Kier alpha value is -2.20. The maximum absolute atomic E-state index is 8.99. The Balaban J connectivity index is 2.14. The van der Waals surface area contributed by atoms with Gasteiger partial charge in [0.2, 0.25) is 0 Å². The molecule has 1 aromatic carbocycles. The van der Waals surface area contributed by atoms with Gasteiger partial charge in [-0.2, -0.15) is 0 Å². The lowest BCUT2D eigenvalue weighted by Gasteiger charge is -2.01. The fraction of sp³-hybridized carbons (Fsp3) is 0.200. The Kier molecular flexibility index (Phi) is 3.01. The van der Waals surface area contributed by atoms with Crippen LogP contribution in [0.3, 0.4) is 0 Å². The first-order valence-corrected chi connectivity index (χ1v) is 6.27. The predicted octanol–water partition coefficient (Wildman–Crippen LogP) is 2.17. The molecule has 0 radical (unpaired) electrons. The van der Waals surface area contributed by atoms with E-state index >= 15 is 0 Å². The first kappa shape index (κ1) is 11.9. The average molecular weight is 253 g/mol. The Bertz CT molecular complexity index is 704. The SMILES string of the molecule is Cn1c(-c2ccccn2)nc2cc(CCO)ccc21. The lowest BCUT2D eigenvalue weighted by molar-refractivity contribution is 0.299. The first-order valence-electron chi connectivity index (χ1n) is 6.27. The number of aryl methyl sites for hydroxylation is 1. The van der Waals surface area contributed by atoms with E-state index in [1.807, 2.05) is 48.0 Å². The van der Waals surface area contributed by atoms with Gasteiger partial charge in [0.15, 0.2) is 5.82 Å². The summed E-state index contributed by atoms with van der Waals surface area (Å²) < 4.78 is 2.04. The van der Waals surface area contributed by atoms with E-state index in [2.05, 4.69) is 9.97 Å². The van der Waals surface area contributed by atoms with Crippen molar-refractivity contribution < 1.29 is 5.11 Å². The summed E-state index contributed by atoms with van der Waals surface area (Å²) in [7, 11) is 1.99. The van der Waals surface area contributed by atoms with Crippen LogP contribution in [-0.4, -0.2) is 26.2 Å². The zero-order valence-electron chi connectivity index (χ0n) is 10.7. The van der Waals surface area contributed by atoms with Gasteiger partial charge < -0.3 is 9.67 Å². The van der Waals surface area contributed by atoms with Crippen molar-refractivity contribution in [2.75, 3.05) is 6.61 Å². The van der Waals surface area contributed by atoms with E-state index in [0.29, 0.717) is 6.42 Å². The molecule has 3 aromatic rings. The molecule has 2 aromatic heterocycles. The minimum Gasteiger partial charge on any atom is -0.396 e. The number of imidazole rings is 1. The van der Waals surface area contributed by atoms with Gasteiger partial charge in [0.05, 0.1) is 11.0 Å². The highest BCUT2D eigenvalue weighted by atomic mass is 16.2. The predicted molar refractivity (Wildman–Crippen MR) is 74.7 cm³/mol. The van der Waals surface area contributed by atoms with Crippen molar-refractivity contribution in [3.8, 4) is 11.5 Å². The highest BCUT2D eigenvalue weighted by Gasteiger charge is 2.10. The number of fused-ring (bicyclic) bond motifs is 1. The average Bonchev–Trinajstić information content (AvgIpc) is 2.77. The zero-order valence-corrected chi connectivity index (χ0v) is 10.7. The summed E-state index contributed by atoms with van der Waals surface area (Å²) in [5.41, 5.74) is 3.97. The second-order valence-corrected chi connectivity index (χ2v) is 4.51. The van der Waals surface area contributed by atoms with Crippen molar-refractivity contribution in [2.45, 2.75) is 6.42 Å². The smallest absolute Gasteiger partial charge is 0.159 e. The number of hydrogen-bond acceptors (Lipinski definition) is 3. The largest absolute Gasteiger partial charge is 0.396 e. The van der Waals surface area contributed by atoms with Gasteiger partial charge in [0.25, 0.3) is 0 Å². The van der Waals surface area contributed by atoms with Gasteiger partial charge in [-0.3, -0.25) is 4.98 Å². The molecule has 0 saturated heterocycles. The van der Waals surface area contributed by atoms with E-state index in [1.54, 1.807) is 6.20 Å². The van der Waals surface area contributed by atoms with Crippen LogP contribution in [0.15, 0.2) is 42.6 Å². The molecule has 3 rings (SSSR count). The minimum atomic E-state index is 0.158. The fourth-order valence-corrected chi connectivity index (χ4v) is 2.25. The summed E-state index contributed by atoms with van der Waals surface area (Å²) in [5, 5.41) is 8.99. The molecule has 0 saturated carbocycles. The maximum atomic E-state index is 8.99. The number of aromatic nitrogens is 3. The van der Waals surface area contributed by atoms with Crippen molar-refractivity contribution in [2.24, 2.45) is 7.05 Å². The summed E-state index contributed by atoms with van der Waals surface area (Å²) in [6.07, 6.45) is 2.43. The third-order valence-corrected chi connectivity index (χ3v) is 3.24. The van der Waals surface area contributed by atoms with E-state index in [-0.39, 0.29) is 6.61 Å². The summed E-state index contributed by atoms with van der Waals surface area (Å²) >= 11 is 0. The Morgan fingerprint density at radius 1 is 1.21 bits per heavy atom. The third-order valence-electron chi connectivity index (χ3n) is 3.24. The van der Waals surface area contributed by atoms with Crippen LogP contribution in [0.25, 0.3) is 22.6 Å². The molecule has 2 heterocycles. The lowest BCUT2D eigenvalue weighted by Crippen LogP contribution is -1.94. The van der Waals surface area contributed by atoms with Gasteiger partial charge in [-0.1, -0.05) is 12.1 Å². The van der Waals surface area contributed by atoms with Gasteiger partial charge >= 0.3 is 0 Å². The molecule has 1 N–H and O–H groups in total. The maximum Gasteiger partial charge on any atom is 0.159 e. The molecular formula is C15H15N3O. The van der Waals surface area contributed by atoms with Crippen molar-refractivity contribution in [1.29, 1.82) is 0 Å². The standard InChI is InChI=1S/C15H15N3O/c1-18-14-6-5-11(7-9-19)10-13(14)17-15(18)12-4-2-3-8-16-12/h2-6,8,10,19H,7,9H2,1H3. The molecule has 0 aliphatic carbocycles. The molecule has 0 unspecified atom stereocenters. The van der Waals surface area contributed by atoms with Gasteiger partial charge in [0.1, 0.15) is 5.69 Å². The molecule has 0 bridgehead atoms.